The number of phenolic OH excluding ortho intramolecular Hbond substituents is 1. The summed E-state index contributed by atoms with van der Waals surface area (Å²) >= 11 is 0. The normalized spacial score (nSPS) is 9.81. The average molecular weight is 284 g/mol. The van der Waals surface area contributed by atoms with Gasteiger partial charge in [0.1, 0.15) is 5.75 Å². The third kappa shape index (κ3) is 6.99. The second kappa shape index (κ2) is 11.0. The first kappa shape index (κ1) is 17.3. The molecule has 0 amide bonds. The van der Waals surface area contributed by atoms with Gasteiger partial charge in [-0.3, -0.25) is 0 Å². The zero-order valence-electron chi connectivity index (χ0n) is 13.4. The second-order valence-electron chi connectivity index (χ2n) is 5.28. The first-order valence-electron chi connectivity index (χ1n) is 8.09. The molecule has 0 bridgehead atoms. The van der Waals surface area contributed by atoms with Gasteiger partial charge >= 0.3 is 0 Å². The van der Waals surface area contributed by atoms with E-state index >= 15 is 0 Å². The first-order chi connectivity index (χ1) is 10.3. The molecule has 1 N–H and O–H groups in total. The lowest BCUT2D eigenvalue weighted by atomic mass is 9.97. The Morgan fingerprint density at radius 3 is 1.76 bits per heavy atom. The Labute approximate surface area is 129 Å². The van der Waals surface area contributed by atoms with Gasteiger partial charge in [0.25, 0.3) is 0 Å². The van der Waals surface area contributed by atoms with Crippen LogP contribution >= 0.6 is 0 Å². The van der Waals surface area contributed by atoms with Crippen LogP contribution in [-0.2, 0) is 12.8 Å². The fourth-order valence-electron chi connectivity index (χ4n) is 2.25. The number of benzene rings is 2. The molecule has 0 saturated heterocycles. The van der Waals surface area contributed by atoms with Crippen LogP contribution in [0.5, 0.6) is 5.75 Å². The molecule has 1 nitrogen and oxygen atoms in total. The highest BCUT2D eigenvalue weighted by atomic mass is 16.3. The highest BCUT2D eigenvalue weighted by Gasteiger charge is 2.06. The van der Waals surface area contributed by atoms with E-state index in [2.05, 4.69) is 19.9 Å². The minimum absolute atomic E-state index is 0.483. The Bertz CT molecular complexity index is 450. The summed E-state index contributed by atoms with van der Waals surface area (Å²) in [6.07, 6.45) is 6.88. The molecule has 21 heavy (non-hydrogen) atoms. The van der Waals surface area contributed by atoms with Crippen molar-refractivity contribution in [2.24, 2.45) is 0 Å². The highest BCUT2D eigenvalue weighted by molar-refractivity contribution is 5.39. The van der Waals surface area contributed by atoms with Crippen molar-refractivity contribution in [2.45, 2.75) is 52.4 Å². The predicted octanol–water partition coefficient (Wildman–Crippen LogP) is 5.76. The maximum absolute atomic E-state index is 9.82. The van der Waals surface area contributed by atoms with Crippen molar-refractivity contribution in [1.82, 2.24) is 0 Å². The molecule has 2 rings (SSSR count). The van der Waals surface area contributed by atoms with E-state index in [4.69, 9.17) is 0 Å². The SMILES string of the molecule is CCCCc1cccc(O)c1CCCC.c1ccccc1. The van der Waals surface area contributed by atoms with Crippen LogP contribution in [0.1, 0.15) is 50.7 Å². The van der Waals surface area contributed by atoms with Gasteiger partial charge in [-0.1, -0.05) is 75.2 Å². The van der Waals surface area contributed by atoms with E-state index in [-0.39, 0.29) is 0 Å². The molecule has 1 heteroatoms. The fourth-order valence-corrected chi connectivity index (χ4v) is 2.25. The molecule has 0 radical (unpaired) electrons. The molecule has 0 unspecified atom stereocenters. The predicted molar refractivity (Wildman–Crippen MR) is 91.8 cm³/mol. The monoisotopic (exact) mass is 284 g/mol. The topological polar surface area (TPSA) is 20.2 Å². The lowest BCUT2D eigenvalue weighted by Crippen LogP contribution is -1.95. The molecule has 2 aromatic carbocycles. The number of phenols is 1. The maximum atomic E-state index is 9.82. The number of rotatable bonds is 6. The Morgan fingerprint density at radius 1 is 0.714 bits per heavy atom. The van der Waals surface area contributed by atoms with Gasteiger partial charge in [0.05, 0.1) is 0 Å². The van der Waals surface area contributed by atoms with Gasteiger partial charge in [-0.25, -0.2) is 0 Å². The fraction of sp³-hybridized carbons (Fsp3) is 0.400. The van der Waals surface area contributed by atoms with Crippen molar-refractivity contribution in [3.8, 4) is 5.75 Å². The van der Waals surface area contributed by atoms with Crippen molar-refractivity contribution in [3.63, 3.8) is 0 Å². The standard InChI is InChI=1S/C14H22O.C6H6/c1-3-5-8-12-9-7-11-14(15)13(12)10-6-4-2;1-2-4-6-5-3-1/h7,9,11,15H,3-6,8,10H2,1-2H3;1-6H. The zero-order valence-corrected chi connectivity index (χ0v) is 13.4. The molecular weight excluding hydrogens is 256 g/mol. The van der Waals surface area contributed by atoms with Crippen LogP contribution in [0.4, 0.5) is 0 Å². The van der Waals surface area contributed by atoms with Crippen LogP contribution in [0.3, 0.4) is 0 Å². The molecule has 0 saturated carbocycles. The Kier molecular flexibility index (Phi) is 9.03. The van der Waals surface area contributed by atoms with E-state index in [1.807, 2.05) is 42.5 Å². The van der Waals surface area contributed by atoms with E-state index in [0.717, 1.165) is 19.3 Å². The van der Waals surface area contributed by atoms with Gasteiger partial charge in [-0.15, -0.1) is 0 Å². The highest BCUT2D eigenvalue weighted by Crippen LogP contribution is 2.24. The Balaban J connectivity index is 0.000000304. The summed E-state index contributed by atoms with van der Waals surface area (Å²) < 4.78 is 0. The van der Waals surface area contributed by atoms with Crippen LogP contribution in [0.25, 0.3) is 0 Å². The van der Waals surface area contributed by atoms with Gasteiger partial charge in [0.15, 0.2) is 0 Å². The lowest BCUT2D eigenvalue weighted by Gasteiger charge is -2.10. The molecule has 114 valence electrons. The lowest BCUT2D eigenvalue weighted by molar-refractivity contribution is 0.465. The molecule has 0 aliphatic heterocycles. The summed E-state index contributed by atoms with van der Waals surface area (Å²) in [5, 5.41) is 9.82. The van der Waals surface area contributed by atoms with Gasteiger partial charge in [0.2, 0.25) is 0 Å². The first-order valence-corrected chi connectivity index (χ1v) is 8.09. The molecule has 0 aliphatic carbocycles. The third-order valence-corrected chi connectivity index (χ3v) is 3.49. The molecule has 0 fully saturated rings. The van der Waals surface area contributed by atoms with E-state index < -0.39 is 0 Å². The Hall–Kier alpha value is -1.76. The van der Waals surface area contributed by atoms with Crippen LogP contribution in [0.15, 0.2) is 54.6 Å². The van der Waals surface area contributed by atoms with Crippen LogP contribution < -0.4 is 0 Å². The van der Waals surface area contributed by atoms with Gasteiger partial charge in [-0.2, -0.15) is 0 Å². The number of hydrogen-bond donors (Lipinski definition) is 1. The zero-order chi connectivity index (χ0) is 15.3. The summed E-state index contributed by atoms with van der Waals surface area (Å²) in [6, 6.07) is 17.9. The van der Waals surface area contributed by atoms with Crippen molar-refractivity contribution in [1.29, 1.82) is 0 Å². The van der Waals surface area contributed by atoms with E-state index in [0.29, 0.717) is 5.75 Å². The summed E-state index contributed by atoms with van der Waals surface area (Å²) in [5.41, 5.74) is 2.51. The van der Waals surface area contributed by atoms with Crippen molar-refractivity contribution < 1.29 is 5.11 Å². The average Bonchev–Trinajstić information content (AvgIpc) is 2.54. The number of unbranched alkanes of at least 4 members (excludes halogenated alkanes) is 2. The summed E-state index contributed by atoms with van der Waals surface area (Å²) in [4.78, 5) is 0. The maximum Gasteiger partial charge on any atom is 0.119 e. The van der Waals surface area contributed by atoms with Crippen LogP contribution in [-0.4, -0.2) is 5.11 Å². The number of hydrogen-bond acceptors (Lipinski definition) is 1. The summed E-state index contributed by atoms with van der Waals surface area (Å²) in [5.74, 6) is 0.483. The van der Waals surface area contributed by atoms with Crippen LogP contribution in [0, 0.1) is 0 Å². The minimum atomic E-state index is 0.483. The molecule has 2 aromatic rings. The van der Waals surface area contributed by atoms with E-state index in [1.165, 1.54) is 30.4 Å². The third-order valence-electron chi connectivity index (χ3n) is 3.49. The molecule has 0 aliphatic rings. The molecular formula is C20H28O. The molecule has 0 heterocycles. The second-order valence-corrected chi connectivity index (χ2v) is 5.28. The summed E-state index contributed by atoms with van der Waals surface area (Å²) in [6.45, 7) is 4.39. The van der Waals surface area contributed by atoms with E-state index in [9.17, 15) is 5.11 Å². The Morgan fingerprint density at radius 2 is 1.24 bits per heavy atom. The van der Waals surface area contributed by atoms with Gasteiger partial charge < -0.3 is 5.11 Å². The quantitative estimate of drug-likeness (QED) is 0.714. The smallest absolute Gasteiger partial charge is 0.119 e. The van der Waals surface area contributed by atoms with E-state index in [1.54, 1.807) is 6.07 Å². The van der Waals surface area contributed by atoms with Crippen molar-refractivity contribution in [2.75, 3.05) is 0 Å². The molecule has 0 atom stereocenters. The molecule has 0 aromatic heterocycles. The van der Waals surface area contributed by atoms with Crippen molar-refractivity contribution >= 4 is 0 Å². The molecule has 0 spiro atoms. The van der Waals surface area contributed by atoms with Crippen molar-refractivity contribution in [3.05, 3.63) is 65.7 Å². The largest absolute Gasteiger partial charge is 0.508 e. The van der Waals surface area contributed by atoms with Gasteiger partial charge in [-0.05, 0) is 42.9 Å². The number of aromatic hydroxyl groups is 1. The number of aryl methyl sites for hydroxylation is 1. The summed E-state index contributed by atoms with van der Waals surface area (Å²) in [7, 11) is 0. The van der Waals surface area contributed by atoms with Crippen LogP contribution in [0.2, 0.25) is 0 Å². The minimum Gasteiger partial charge on any atom is -0.508 e. The van der Waals surface area contributed by atoms with Gasteiger partial charge in [0, 0.05) is 0 Å².